The van der Waals surface area contributed by atoms with Gasteiger partial charge in [-0.25, -0.2) is 13.4 Å². The molecule has 5 nitrogen and oxygen atoms in total. The summed E-state index contributed by atoms with van der Waals surface area (Å²) in [5.41, 5.74) is 0. The number of carbonyl (C=O) groups excluding carboxylic acids is 1. The molecule has 0 spiro atoms. The van der Waals surface area contributed by atoms with E-state index < -0.39 is 21.0 Å². The topological polar surface area (TPSA) is 76.1 Å². The predicted molar refractivity (Wildman–Crippen MR) is 64.9 cm³/mol. The van der Waals surface area contributed by atoms with E-state index in [9.17, 15) is 13.2 Å². The Labute approximate surface area is 102 Å². The number of halogens is 1. The van der Waals surface area contributed by atoms with Gasteiger partial charge in [0.2, 0.25) is 5.91 Å². The van der Waals surface area contributed by atoms with Crippen LogP contribution in [-0.2, 0) is 14.6 Å². The number of rotatable bonds is 3. The van der Waals surface area contributed by atoms with Gasteiger partial charge in [-0.05, 0) is 35.0 Å². The quantitative estimate of drug-likeness (QED) is 0.852. The Morgan fingerprint density at radius 3 is 2.62 bits per heavy atom. The van der Waals surface area contributed by atoms with E-state index in [0.717, 1.165) is 6.26 Å². The van der Waals surface area contributed by atoms with E-state index in [1.54, 1.807) is 18.2 Å². The smallest absolute Gasteiger partial charge is 0.243 e. The van der Waals surface area contributed by atoms with Crippen LogP contribution >= 0.6 is 15.9 Å². The monoisotopic (exact) mass is 306 g/mol. The molecule has 0 fully saturated rings. The van der Waals surface area contributed by atoms with Gasteiger partial charge in [-0.15, -0.1) is 0 Å². The predicted octanol–water partition coefficient (Wildman–Crippen LogP) is 1.22. The van der Waals surface area contributed by atoms with Crippen molar-refractivity contribution >= 4 is 37.5 Å². The van der Waals surface area contributed by atoms with Crippen molar-refractivity contribution in [3.05, 3.63) is 22.8 Å². The lowest BCUT2D eigenvalue weighted by Gasteiger charge is -2.09. The number of sulfone groups is 1. The number of hydrogen-bond donors (Lipinski definition) is 1. The summed E-state index contributed by atoms with van der Waals surface area (Å²) < 4.78 is 22.8. The SMILES string of the molecule is CC(C(=O)Nc1cccc(Br)n1)S(C)(=O)=O. The molecule has 1 heterocycles. The Balaban J connectivity index is 2.80. The van der Waals surface area contributed by atoms with Crippen LogP contribution in [0.1, 0.15) is 6.92 Å². The molecule has 1 aromatic heterocycles. The summed E-state index contributed by atoms with van der Waals surface area (Å²) in [6.45, 7) is 1.34. The van der Waals surface area contributed by atoms with Crippen molar-refractivity contribution in [2.75, 3.05) is 11.6 Å². The van der Waals surface area contributed by atoms with Gasteiger partial charge in [0.1, 0.15) is 15.7 Å². The van der Waals surface area contributed by atoms with Gasteiger partial charge in [-0.1, -0.05) is 6.07 Å². The Morgan fingerprint density at radius 1 is 1.50 bits per heavy atom. The van der Waals surface area contributed by atoms with Crippen LogP contribution in [0.5, 0.6) is 0 Å². The van der Waals surface area contributed by atoms with E-state index in [4.69, 9.17) is 0 Å². The lowest BCUT2D eigenvalue weighted by Crippen LogP contribution is -2.32. The first-order valence-electron chi connectivity index (χ1n) is 4.43. The second-order valence-electron chi connectivity index (χ2n) is 3.31. The minimum absolute atomic E-state index is 0.315. The van der Waals surface area contributed by atoms with Gasteiger partial charge in [-0.3, -0.25) is 4.79 Å². The summed E-state index contributed by atoms with van der Waals surface area (Å²) in [5.74, 6) is -0.275. The molecule has 1 N–H and O–H groups in total. The maximum Gasteiger partial charge on any atom is 0.243 e. The van der Waals surface area contributed by atoms with Crippen molar-refractivity contribution in [3.63, 3.8) is 0 Å². The third kappa shape index (κ3) is 3.57. The number of hydrogen-bond acceptors (Lipinski definition) is 4. The summed E-state index contributed by atoms with van der Waals surface area (Å²) in [5, 5.41) is 1.34. The maximum atomic E-state index is 11.5. The van der Waals surface area contributed by atoms with E-state index >= 15 is 0 Å². The second-order valence-corrected chi connectivity index (χ2v) is 6.49. The molecule has 0 aliphatic rings. The molecule has 0 bridgehead atoms. The highest BCUT2D eigenvalue weighted by atomic mass is 79.9. The summed E-state index contributed by atoms with van der Waals surface area (Å²) in [6.07, 6.45) is 1.02. The standard InChI is InChI=1S/C9H11BrN2O3S/c1-6(16(2,14)15)9(13)12-8-5-3-4-7(10)11-8/h3-6H,1-2H3,(H,11,12,13). The van der Waals surface area contributed by atoms with Crippen molar-refractivity contribution in [2.24, 2.45) is 0 Å². The van der Waals surface area contributed by atoms with Crippen LogP contribution < -0.4 is 5.32 Å². The number of pyridine rings is 1. The van der Waals surface area contributed by atoms with Gasteiger partial charge >= 0.3 is 0 Å². The first-order valence-corrected chi connectivity index (χ1v) is 7.18. The van der Waals surface area contributed by atoms with E-state index in [1.807, 2.05) is 0 Å². The highest BCUT2D eigenvalue weighted by molar-refractivity contribution is 9.10. The van der Waals surface area contributed by atoms with Crippen LogP contribution in [0.3, 0.4) is 0 Å². The molecule has 0 aromatic carbocycles. The zero-order valence-corrected chi connectivity index (χ0v) is 11.2. The van der Waals surface area contributed by atoms with Crippen LogP contribution in [-0.4, -0.2) is 30.8 Å². The molecule has 1 atom stereocenters. The lowest BCUT2D eigenvalue weighted by atomic mass is 10.4. The lowest BCUT2D eigenvalue weighted by molar-refractivity contribution is -0.115. The molecule has 16 heavy (non-hydrogen) atoms. The molecule has 0 aliphatic carbocycles. The molecule has 1 amide bonds. The van der Waals surface area contributed by atoms with E-state index in [-0.39, 0.29) is 0 Å². The highest BCUT2D eigenvalue weighted by Gasteiger charge is 2.23. The first-order chi connectivity index (χ1) is 7.30. The minimum Gasteiger partial charge on any atom is -0.310 e. The third-order valence-electron chi connectivity index (χ3n) is 1.98. The van der Waals surface area contributed by atoms with Gasteiger partial charge in [0.25, 0.3) is 0 Å². The normalized spacial score (nSPS) is 13.2. The molecular weight excluding hydrogens is 296 g/mol. The largest absolute Gasteiger partial charge is 0.310 e. The van der Waals surface area contributed by atoms with Crippen molar-refractivity contribution in [3.8, 4) is 0 Å². The Bertz CT molecular complexity index is 501. The van der Waals surface area contributed by atoms with Crippen LogP contribution in [0.15, 0.2) is 22.8 Å². The molecule has 88 valence electrons. The van der Waals surface area contributed by atoms with Crippen LogP contribution in [0.4, 0.5) is 5.82 Å². The van der Waals surface area contributed by atoms with Crippen molar-refractivity contribution < 1.29 is 13.2 Å². The summed E-state index contributed by atoms with van der Waals surface area (Å²) >= 11 is 3.15. The minimum atomic E-state index is -3.38. The number of nitrogens with zero attached hydrogens (tertiary/aromatic N) is 1. The zero-order chi connectivity index (χ0) is 12.3. The van der Waals surface area contributed by atoms with E-state index in [1.165, 1.54) is 6.92 Å². The third-order valence-corrected chi connectivity index (χ3v) is 3.92. The van der Waals surface area contributed by atoms with Crippen molar-refractivity contribution in [1.29, 1.82) is 0 Å². The summed E-state index contributed by atoms with van der Waals surface area (Å²) in [4.78, 5) is 15.5. The Morgan fingerprint density at radius 2 is 2.12 bits per heavy atom. The number of aromatic nitrogens is 1. The molecule has 1 aromatic rings. The van der Waals surface area contributed by atoms with E-state index in [0.29, 0.717) is 10.4 Å². The van der Waals surface area contributed by atoms with Gasteiger partial charge in [0.05, 0.1) is 0 Å². The van der Waals surface area contributed by atoms with Crippen molar-refractivity contribution in [1.82, 2.24) is 4.98 Å². The Kier molecular flexibility index (Phi) is 4.03. The average molecular weight is 307 g/mol. The summed E-state index contributed by atoms with van der Waals surface area (Å²) in [7, 11) is -3.38. The van der Waals surface area contributed by atoms with Gasteiger partial charge in [0.15, 0.2) is 9.84 Å². The fourth-order valence-electron chi connectivity index (χ4n) is 0.900. The Hall–Kier alpha value is -0.950. The molecule has 7 heteroatoms. The zero-order valence-electron chi connectivity index (χ0n) is 8.77. The van der Waals surface area contributed by atoms with Gasteiger partial charge < -0.3 is 5.32 Å². The number of anilines is 1. The van der Waals surface area contributed by atoms with Gasteiger partial charge in [0, 0.05) is 6.26 Å². The molecule has 0 radical (unpaired) electrons. The molecule has 0 saturated heterocycles. The average Bonchev–Trinajstić information content (AvgIpc) is 2.15. The van der Waals surface area contributed by atoms with E-state index in [2.05, 4.69) is 26.2 Å². The van der Waals surface area contributed by atoms with Crippen LogP contribution in [0.25, 0.3) is 0 Å². The first kappa shape index (κ1) is 13.1. The van der Waals surface area contributed by atoms with Gasteiger partial charge in [-0.2, -0.15) is 0 Å². The molecule has 1 unspecified atom stereocenters. The fourth-order valence-corrected chi connectivity index (χ4v) is 1.69. The fraction of sp³-hybridized carbons (Fsp3) is 0.333. The highest BCUT2D eigenvalue weighted by Crippen LogP contribution is 2.11. The molecule has 0 aliphatic heterocycles. The number of nitrogens with one attached hydrogen (secondary N) is 1. The number of carbonyl (C=O) groups is 1. The molecule has 0 saturated carbocycles. The molecule has 1 rings (SSSR count). The number of amides is 1. The molecular formula is C9H11BrN2O3S. The van der Waals surface area contributed by atoms with Crippen LogP contribution in [0.2, 0.25) is 0 Å². The maximum absolute atomic E-state index is 11.5. The second kappa shape index (κ2) is 4.92. The van der Waals surface area contributed by atoms with Crippen LogP contribution in [0, 0.1) is 0 Å². The summed E-state index contributed by atoms with van der Waals surface area (Å²) in [6, 6.07) is 4.98. The van der Waals surface area contributed by atoms with Crippen molar-refractivity contribution in [2.45, 2.75) is 12.2 Å².